The van der Waals surface area contributed by atoms with E-state index < -0.39 is 11.7 Å². The maximum atomic E-state index is 12.0. The van der Waals surface area contributed by atoms with Gasteiger partial charge in [0.1, 0.15) is 23.1 Å². The highest BCUT2D eigenvalue weighted by Gasteiger charge is 2.27. The van der Waals surface area contributed by atoms with Crippen LogP contribution in [0.2, 0.25) is 0 Å². The Morgan fingerprint density at radius 2 is 2.25 bits per heavy atom. The molecule has 2 aromatic heterocycles. The molecule has 1 saturated heterocycles. The molecule has 3 rings (SSSR count). The number of nitrogens with one attached hydrogen (secondary N) is 2. The number of carbonyl (C=O) groups is 1. The second-order valence-electron chi connectivity index (χ2n) is 6.96. The summed E-state index contributed by atoms with van der Waals surface area (Å²) in [6.45, 7) is 7.00. The van der Waals surface area contributed by atoms with E-state index in [-0.39, 0.29) is 6.04 Å². The Morgan fingerprint density at radius 1 is 1.46 bits per heavy atom. The average Bonchev–Trinajstić information content (AvgIpc) is 2.91. The van der Waals surface area contributed by atoms with Gasteiger partial charge in [-0.15, -0.1) is 0 Å². The summed E-state index contributed by atoms with van der Waals surface area (Å²) < 4.78 is 5.33. The number of hydrogen-bond donors (Lipinski definition) is 3. The average molecular weight is 333 g/mol. The lowest BCUT2D eigenvalue weighted by molar-refractivity contribution is 0.0500. The zero-order valence-electron chi connectivity index (χ0n) is 14.2. The van der Waals surface area contributed by atoms with Crippen molar-refractivity contribution in [2.45, 2.75) is 45.3 Å². The van der Waals surface area contributed by atoms with E-state index in [1.165, 1.54) is 6.33 Å². The number of nitrogen functional groups attached to an aromatic ring is 1. The number of aromatic amines is 1. The van der Waals surface area contributed by atoms with E-state index in [9.17, 15) is 4.79 Å². The zero-order valence-corrected chi connectivity index (χ0v) is 14.2. The van der Waals surface area contributed by atoms with Crippen LogP contribution in [-0.2, 0) is 4.74 Å². The molecule has 0 radical (unpaired) electrons. The molecule has 0 spiro atoms. The highest BCUT2D eigenvalue weighted by molar-refractivity contribution is 5.95. The molecule has 1 fully saturated rings. The summed E-state index contributed by atoms with van der Waals surface area (Å²) in [5.74, 6) is 1.12. The van der Waals surface area contributed by atoms with E-state index in [0.717, 1.165) is 30.6 Å². The van der Waals surface area contributed by atoms with Gasteiger partial charge in [0.2, 0.25) is 0 Å². The molecule has 1 atom stereocenters. The maximum absolute atomic E-state index is 12.0. The number of anilines is 2. The number of nitrogens with two attached hydrogens (primary N) is 1. The van der Waals surface area contributed by atoms with E-state index in [0.29, 0.717) is 18.0 Å². The topological polar surface area (TPSA) is 122 Å². The third-order valence-electron chi connectivity index (χ3n) is 3.81. The molecule has 1 unspecified atom stereocenters. The van der Waals surface area contributed by atoms with Crippen molar-refractivity contribution in [1.29, 1.82) is 0 Å². The Bertz CT molecular complexity index is 737. The van der Waals surface area contributed by atoms with Crippen LogP contribution in [-0.4, -0.2) is 51.0 Å². The number of aromatic nitrogens is 4. The molecule has 1 amide bonds. The number of carbonyl (C=O) groups excluding carboxylic acids is 1. The van der Waals surface area contributed by atoms with Crippen LogP contribution in [0.1, 0.15) is 33.6 Å². The van der Waals surface area contributed by atoms with E-state index in [4.69, 9.17) is 10.5 Å². The van der Waals surface area contributed by atoms with Crippen molar-refractivity contribution < 1.29 is 9.53 Å². The van der Waals surface area contributed by atoms with Crippen LogP contribution in [0.3, 0.4) is 0 Å². The second kappa shape index (κ2) is 6.14. The molecule has 1 aliphatic heterocycles. The summed E-state index contributed by atoms with van der Waals surface area (Å²) in [6.07, 6.45) is 2.83. The highest BCUT2D eigenvalue weighted by atomic mass is 16.6. The first-order valence-corrected chi connectivity index (χ1v) is 8.02. The summed E-state index contributed by atoms with van der Waals surface area (Å²) >= 11 is 0. The summed E-state index contributed by atoms with van der Waals surface area (Å²) in [4.78, 5) is 22.2. The SMILES string of the molecule is CC(C)(C)OC(=O)NC1CCCN(c2n[nH]c3ncnc(N)c23)C1. The number of alkyl carbamates (subject to hydrolysis) is 1. The lowest BCUT2D eigenvalue weighted by Gasteiger charge is -2.33. The molecule has 0 aliphatic carbocycles. The van der Waals surface area contributed by atoms with Crippen LogP contribution < -0.4 is 16.0 Å². The highest BCUT2D eigenvalue weighted by Crippen LogP contribution is 2.28. The number of amides is 1. The third kappa shape index (κ3) is 3.50. The Hall–Kier alpha value is -2.58. The molecule has 4 N–H and O–H groups in total. The van der Waals surface area contributed by atoms with Gasteiger partial charge < -0.3 is 20.7 Å². The lowest BCUT2D eigenvalue weighted by atomic mass is 10.1. The van der Waals surface area contributed by atoms with Gasteiger partial charge in [-0.05, 0) is 33.6 Å². The first kappa shape index (κ1) is 16.3. The van der Waals surface area contributed by atoms with Crippen LogP contribution in [0, 0.1) is 0 Å². The summed E-state index contributed by atoms with van der Waals surface area (Å²) in [5.41, 5.74) is 6.06. The minimum absolute atomic E-state index is 0.00814. The van der Waals surface area contributed by atoms with Gasteiger partial charge in [-0.2, -0.15) is 5.10 Å². The standard InChI is InChI=1S/C15H23N7O2/c1-15(2,3)24-14(23)19-9-5-4-6-22(7-9)13-10-11(16)17-8-18-12(10)20-21-13/h8-9H,4-7H2,1-3H3,(H,19,23)(H3,16,17,18,20,21). The summed E-state index contributed by atoms with van der Waals surface area (Å²) in [7, 11) is 0. The molecule has 3 heterocycles. The summed E-state index contributed by atoms with van der Waals surface area (Å²) in [6, 6.07) is -0.00814. The van der Waals surface area contributed by atoms with E-state index >= 15 is 0 Å². The van der Waals surface area contributed by atoms with Gasteiger partial charge in [0, 0.05) is 19.1 Å². The predicted molar refractivity (Wildman–Crippen MR) is 90.7 cm³/mol. The molecule has 130 valence electrons. The largest absolute Gasteiger partial charge is 0.444 e. The smallest absolute Gasteiger partial charge is 0.407 e. The fourth-order valence-electron chi connectivity index (χ4n) is 2.86. The van der Waals surface area contributed by atoms with E-state index in [1.54, 1.807) is 0 Å². The number of rotatable bonds is 2. The molecule has 9 nitrogen and oxygen atoms in total. The Kier molecular flexibility index (Phi) is 4.16. The Labute approximate surface area is 140 Å². The van der Waals surface area contributed by atoms with Gasteiger partial charge in [-0.25, -0.2) is 14.8 Å². The van der Waals surface area contributed by atoms with Crippen molar-refractivity contribution in [1.82, 2.24) is 25.5 Å². The maximum Gasteiger partial charge on any atom is 0.407 e. The van der Waals surface area contributed by atoms with Crippen LogP contribution in [0.5, 0.6) is 0 Å². The van der Waals surface area contributed by atoms with Crippen molar-refractivity contribution in [3.05, 3.63) is 6.33 Å². The van der Waals surface area contributed by atoms with Gasteiger partial charge >= 0.3 is 6.09 Å². The minimum Gasteiger partial charge on any atom is -0.444 e. The fraction of sp³-hybridized carbons (Fsp3) is 0.600. The molecule has 0 aromatic carbocycles. The number of nitrogens with zero attached hydrogens (tertiary/aromatic N) is 4. The molecule has 9 heteroatoms. The molecule has 24 heavy (non-hydrogen) atoms. The number of H-pyrrole nitrogens is 1. The van der Waals surface area contributed by atoms with Gasteiger partial charge in [-0.3, -0.25) is 5.10 Å². The van der Waals surface area contributed by atoms with Crippen molar-refractivity contribution >= 4 is 28.8 Å². The molecular formula is C15H23N7O2. The number of ether oxygens (including phenoxy) is 1. The van der Waals surface area contributed by atoms with Gasteiger partial charge in [0.25, 0.3) is 0 Å². The first-order valence-electron chi connectivity index (χ1n) is 8.02. The monoisotopic (exact) mass is 333 g/mol. The minimum atomic E-state index is -0.511. The van der Waals surface area contributed by atoms with Crippen molar-refractivity contribution in [2.75, 3.05) is 23.7 Å². The molecule has 2 aromatic rings. The van der Waals surface area contributed by atoms with E-state index in [1.807, 2.05) is 20.8 Å². The quantitative estimate of drug-likeness (QED) is 0.759. The number of fused-ring (bicyclic) bond motifs is 1. The molecule has 1 aliphatic rings. The van der Waals surface area contributed by atoms with Crippen molar-refractivity contribution in [2.24, 2.45) is 0 Å². The van der Waals surface area contributed by atoms with E-state index in [2.05, 4.69) is 30.4 Å². The second-order valence-corrected chi connectivity index (χ2v) is 6.96. The van der Waals surface area contributed by atoms with Crippen LogP contribution in [0.15, 0.2) is 6.33 Å². The molecular weight excluding hydrogens is 310 g/mol. The van der Waals surface area contributed by atoms with Crippen LogP contribution >= 0.6 is 0 Å². The van der Waals surface area contributed by atoms with Crippen LogP contribution in [0.4, 0.5) is 16.4 Å². The van der Waals surface area contributed by atoms with Crippen molar-refractivity contribution in [3.8, 4) is 0 Å². The Morgan fingerprint density at radius 3 is 3.00 bits per heavy atom. The number of hydrogen-bond acceptors (Lipinski definition) is 7. The third-order valence-corrected chi connectivity index (χ3v) is 3.81. The predicted octanol–water partition coefficient (Wildman–Crippen LogP) is 1.43. The number of piperidine rings is 1. The van der Waals surface area contributed by atoms with Gasteiger partial charge in [-0.1, -0.05) is 0 Å². The zero-order chi connectivity index (χ0) is 17.3. The normalized spacial score (nSPS) is 18.6. The summed E-state index contributed by atoms with van der Waals surface area (Å²) in [5, 5.41) is 10.9. The first-order chi connectivity index (χ1) is 11.3. The van der Waals surface area contributed by atoms with Gasteiger partial charge in [0.05, 0.1) is 0 Å². The van der Waals surface area contributed by atoms with Crippen LogP contribution in [0.25, 0.3) is 11.0 Å². The van der Waals surface area contributed by atoms with Gasteiger partial charge in [0.15, 0.2) is 11.5 Å². The molecule has 0 bridgehead atoms. The fourth-order valence-corrected chi connectivity index (χ4v) is 2.86. The Balaban J connectivity index is 1.72. The van der Waals surface area contributed by atoms with Crippen molar-refractivity contribution in [3.63, 3.8) is 0 Å². The molecule has 0 saturated carbocycles. The lowest BCUT2D eigenvalue weighted by Crippen LogP contribution is -2.49.